The number of unbranched alkanes of at least 4 members (excludes halogenated alkanes) is 12. The van der Waals surface area contributed by atoms with E-state index in [0.717, 1.165) is 18.4 Å². The zero-order valence-electron chi connectivity index (χ0n) is 17.5. The Morgan fingerprint density at radius 1 is 0.815 bits per heavy atom. The lowest BCUT2D eigenvalue weighted by atomic mass is 10.0. The quantitative estimate of drug-likeness (QED) is 0.211. The minimum atomic E-state index is -0.352. The summed E-state index contributed by atoms with van der Waals surface area (Å²) in [6, 6.07) is 3.34. The van der Waals surface area contributed by atoms with Gasteiger partial charge in [0.05, 0.1) is 17.9 Å². The molecular formula is C23H40N2O2. The van der Waals surface area contributed by atoms with Crippen LogP contribution in [0, 0.1) is 6.92 Å². The molecule has 0 radical (unpaired) electrons. The van der Waals surface area contributed by atoms with Crippen LogP contribution in [-0.2, 0) is 4.74 Å². The van der Waals surface area contributed by atoms with Gasteiger partial charge in [-0.15, -0.1) is 0 Å². The van der Waals surface area contributed by atoms with Crippen LogP contribution in [0.3, 0.4) is 0 Å². The maximum absolute atomic E-state index is 12.1. The molecule has 1 aromatic rings. The highest BCUT2D eigenvalue weighted by Crippen LogP contribution is 2.23. The van der Waals surface area contributed by atoms with Crippen molar-refractivity contribution in [2.45, 2.75) is 97.3 Å². The van der Waals surface area contributed by atoms with E-state index in [0.29, 0.717) is 23.5 Å². The fourth-order valence-corrected chi connectivity index (χ4v) is 3.29. The standard InChI is InChI=1S/C23H40N2O2/c1-3-4-5-6-7-8-9-10-11-12-13-14-15-18-27-23(26)20-16-17-21(24)19(2)22(20)25/h16-17H,3-15,18,24-25H2,1-2H3. The van der Waals surface area contributed by atoms with E-state index in [2.05, 4.69) is 6.92 Å². The average molecular weight is 377 g/mol. The first-order valence-corrected chi connectivity index (χ1v) is 10.9. The maximum Gasteiger partial charge on any atom is 0.340 e. The van der Waals surface area contributed by atoms with Gasteiger partial charge in [0.2, 0.25) is 0 Å². The first-order valence-electron chi connectivity index (χ1n) is 10.9. The van der Waals surface area contributed by atoms with E-state index in [1.54, 1.807) is 12.1 Å². The van der Waals surface area contributed by atoms with Gasteiger partial charge in [0.15, 0.2) is 0 Å². The highest BCUT2D eigenvalue weighted by Gasteiger charge is 2.13. The van der Waals surface area contributed by atoms with Gasteiger partial charge in [0.25, 0.3) is 0 Å². The summed E-state index contributed by atoms with van der Waals surface area (Å²) in [7, 11) is 0. The van der Waals surface area contributed by atoms with Crippen LogP contribution in [0.5, 0.6) is 0 Å². The second-order valence-electron chi connectivity index (χ2n) is 7.62. The molecule has 0 aromatic heterocycles. The molecule has 0 atom stereocenters. The zero-order chi connectivity index (χ0) is 19.9. The third-order valence-corrected chi connectivity index (χ3v) is 5.26. The van der Waals surface area contributed by atoms with Crippen molar-refractivity contribution in [3.05, 3.63) is 23.3 Å². The van der Waals surface area contributed by atoms with Crippen LogP contribution in [0.4, 0.5) is 11.4 Å². The molecule has 4 heteroatoms. The molecule has 0 fully saturated rings. The Morgan fingerprint density at radius 3 is 1.81 bits per heavy atom. The smallest absolute Gasteiger partial charge is 0.340 e. The molecule has 0 saturated carbocycles. The summed E-state index contributed by atoms with van der Waals surface area (Å²) >= 11 is 0. The summed E-state index contributed by atoms with van der Waals surface area (Å²) < 4.78 is 5.34. The van der Waals surface area contributed by atoms with E-state index in [9.17, 15) is 4.79 Å². The highest BCUT2D eigenvalue weighted by molar-refractivity contribution is 5.96. The summed E-state index contributed by atoms with van der Waals surface area (Å²) in [5.41, 5.74) is 13.9. The van der Waals surface area contributed by atoms with Crippen molar-refractivity contribution in [1.29, 1.82) is 0 Å². The van der Waals surface area contributed by atoms with E-state index >= 15 is 0 Å². The monoisotopic (exact) mass is 376 g/mol. The number of benzene rings is 1. The number of nitrogen functional groups attached to an aromatic ring is 2. The molecule has 0 amide bonds. The predicted molar refractivity (Wildman–Crippen MR) is 116 cm³/mol. The van der Waals surface area contributed by atoms with Crippen LogP contribution in [0.2, 0.25) is 0 Å². The molecule has 0 aliphatic carbocycles. The predicted octanol–water partition coefficient (Wildman–Crippen LogP) is 6.41. The number of carbonyl (C=O) groups excluding carboxylic acids is 1. The van der Waals surface area contributed by atoms with Gasteiger partial charge in [0.1, 0.15) is 0 Å². The SMILES string of the molecule is CCCCCCCCCCCCCCCOC(=O)c1ccc(N)c(C)c1N. The topological polar surface area (TPSA) is 78.3 Å². The number of carbonyl (C=O) groups is 1. The Kier molecular flexibility index (Phi) is 12.4. The zero-order valence-corrected chi connectivity index (χ0v) is 17.5. The molecule has 4 nitrogen and oxygen atoms in total. The Labute approximate surface area is 166 Å². The van der Waals surface area contributed by atoms with Crippen LogP contribution in [-0.4, -0.2) is 12.6 Å². The van der Waals surface area contributed by atoms with E-state index in [1.807, 2.05) is 6.92 Å². The largest absolute Gasteiger partial charge is 0.462 e. The molecule has 0 spiro atoms. The Hall–Kier alpha value is -1.71. The van der Waals surface area contributed by atoms with Crippen molar-refractivity contribution >= 4 is 17.3 Å². The van der Waals surface area contributed by atoms with Crippen molar-refractivity contribution in [2.24, 2.45) is 0 Å². The highest BCUT2D eigenvalue weighted by atomic mass is 16.5. The summed E-state index contributed by atoms with van der Waals surface area (Å²) in [4.78, 5) is 12.1. The van der Waals surface area contributed by atoms with Gasteiger partial charge in [-0.2, -0.15) is 0 Å². The third kappa shape index (κ3) is 9.69. The molecule has 1 aromatic carbocycles. The number of nitrogens with two attached hydrogens (primary N) is 2. The van der Waals surface area contributed by atoms with Crippen LogP contribution in [0.1, 0.15) is 106 Å². The van der Waals surface area contributed by atoms with E-state index < -0.39 is 0 Å². The fraction of sp³-hybridized carbons (Fsp3) is 0.696. The molecule has 0 heterocycles. The summed E-state index contributed by atoms with van der Waals surface area (Å²) in [5.74, 6) is -0.352. The van der Waals surface area contributed by atoms with Crippen molar-refractivity contribution in [3.8, 4) is 0 Å². The van der Waals surface area contributed by atoms with E-state index in [4.69, 9.17) is 16.2 Å². The van der Waals surface area contributed by atoms with Crippen molar-refractivity contribution < 1.29 is 9.53 Å². The van der Waals surface area contributed by atoms with Crippen molar-refractivity contribution in [1.82, 2.24) is 0 Å². The lowest BCUT2D eigenvalue weighted by Crippen LogP contribution is -2.11. The molecule has 1 rings (SSSR count). The number of anilines is 2. The molecule has 0 aliphatic heterocycles. The lowest BCUT2D eigenvalue weighted by Gasteiger charge is -2.10. The summed E-state index contributed by atoms with van der Waals surface area (Å²) in [5, 5.41) is 0. The third-order valence-electron chi connectivity index (χ3n) is 5.26. The summed E-state index contributed by atoms with van der Waals surface area (Å²) in [6.45, 7) is 4.54. The maximum atomic E-state index is 12.1. The Morgan fingerprint density at radius 2 is 1.30 bits per heavy atom. The summed E-state index contributed by atoms with van der Waals surface area (Å²) in [6.07, 6.45) is 16.9. The van der Waals surface area contributed by atoms with Gasteiger partial charge in [-0.25, -0.2) is 4.79 Å². The van der Waals surface area contributed by atoms with Crippen LogP contribution in [0.15, 0.2) is 12.1 Å². The number of esters is 1. The van der Waals surface area contributed by atoms with Crippen molar-refractivity contribution in [3.63, 3.8) is 0 Å². The van der Waals surface area contributed by atoms with Gasteiger partial charge in [0, 0.05) is 5.69 Å². The molecule has 0 unspecified atom stereocenters. The van der Waals surface area contributed by atoms with Gasteiger partial charge in [-0.3, -0.25) is 0 Å². The minimum Gasteiger partial charge on any atom is -0.462 e. The van der Waals surface area contributed by atoms with Crippen molar-refractivity contribution in [2.75, 3.05) is 18.1 Å². The number of ether oxygens (including phenoxy) is 1. The molecule has 154 valence electrons. The van der Waals surface area contributed by atoms with Gasteiger partial charge >= 0.3 is 5.97 Å². The normalized spacial score (nSPS) is 10.9. The van der Waals surface area contributed by atoms with Gasteiger partial charge in [-0.05, 0) is 31.0 Å². The van der Waals surface area contributed by atoms with Gasteiger partial charge < -0.3 is 16.2 Å². The second kappa shape index (κ2) is 14.4. The van der Waals surface area contributed by atoms with Gasteiger partial charge in [-0.1, -0.05) is 84.0 Å². The first kappa shape index (κ1) is 23.3. The van der Waals surface area contributed by atoms with E-state index in [-0.39, 0.29) is 5.97 Å². The van der Waals surface area contributed by atoms with E-state index in [1.165, 1.54) is 70.6 Å². The number of rotatable bonds is 15. The van der Waals surface area contributed by atoms with Crippen LogP contribution >= 0.6 is 0 Å². The number of hydrogen-bond donors (Lipinski definition) is 2. The molecular weight excluding hydrogens is 336 g/mol. The first-order chi connectivity index (χ1) is 13.1. The van der Waals surface area contributed by atoms with Crippen LogP contribution < -0.4 is 11.5 Å². The Bertz CT molecular complexity index is 543. The molecule has 0 saturated heterocycles. The molecule has 0 aliphatic rings. The molecule has 0 bridgehead atoms. The molecule has 4 N–H and O–H groups in total. The lowest BCUT2D eigenvalue weighted by molar-refractivity contribution is 0.0499. The minimum absolute atomic E-state index is 0.352. The number of hydrogen-bond acceptors (Lipinski definition) is 4. The van der Waals surface area contributed by atoms with Crippen LogP contribution in [0.25, 0.3) is 0 Å². The Balaban J connectivity index is 1.97. The molecule has 27 heavy (non-hydrogen) atoms. The fourth-order valence-electron chi connectivity index (χ4n) is 3.29. The average Bonchev–Trinajstić information content (AvgIpc) is 2.66. The second-order valence-corrected chi connectivity index (χ2v) is 7.62.